The Morgan fingerprint density at radius 1 is 1.16 bits per heavy atom. The minimum Gasteiger partial charge on any atom is -0.489 e. The normalized spacial score (nSPS) is 17.4. The van der Waals surface area contributed by atoms with Gasteiger partial charge in [0.15, 0.2) is 0 Å². The quantitative estimate of drug-likeness (QED) is 0.669. The zero-order chi connectivity index (χ0) is 18.2. The Labute approximate surface area is 157 Å². The first-order chi connectivity index (χ1) is 11.7. The summed E-state index contributed by atoms with van der Waals surface area (Å²) in [5, 5.41) is 0. The molecule has 1 heterocycles. The second-order valence-electron chi connectivity index (χ2n) is 7.14. The molecular weight excluding hydrogens is 404 g/mol. The monoisotopic (exact) mass is 424 g/mol. The maximum atomic E-state index is 13.1. The highest BCUT2D eigenvalue weighted by Gasteiger charge is 2.27. The van der Waals surface area contributed by atoms with Crippen molar-refractivity contribution in [2.24, 2.45) is 0 Å². The summed E-state index contributed by atoms with van der Waals surface area (Å²) < 4.78 is 37.7. The molecule has 3 rings (SSSR count). The summed E-state index contributed by atoms with van der Waals surface area (Å²) in [5.74, 6) is 0.338. The van der Waals surface area contributed by atoms with Crippen LogP contribution in [0.3, 0.4) is 0 Å². The Morgan fingerprint density at radius 3 is 2.36 bits per heavy atom. The Bertz CT molecular complexity index is 863. The minimum absolute atomic E-state index is 0.0293. The smallest absolute Gasteiger partial charge is 0.210 e. The van der Waals surface area contributed by atoms with Crippen LogP contribution in [-0.4, -0.2) is 27.7 Å². The maximum absolute atomic E-state index is 13.1. The van der Waals surface area contributed by atoms with E-state index in [2.05, 4.69) is 36.7 Å². The van der Waals surface area contributed by atoms with Crippen LogP contribution in [-0.2, 0) is 20.0 Å². The summed E-state index contributed by atoms with van der Waals surface area (Å²) in [6, 6.07) is 12.0. The predicted molar refractivity (Wildman–Crippen MR) is 100.0 cm³/mol. The van der Waals surface area contributed by atoms with Crippen molar-refractivity contribution in [1.82, 2.24) is 0 Å². The molecule has 1 aliphatic heterocycles. The molecular formula is C19H21BrO4S. The Kier molecular flexibility index (Phi) is 4.97. The summed E-state index contributed by atoms with van der Waals surface area (Å²) in [6.45, 7) is 7.29. The van der Waals surface area contributed by atoms with Crippen LogP contribution in [0.15, 0.2) is 56.7 Å². The van der Waals surface area contributed by atoms with Crippen molar-refractivity contribution in [2.45, 2.75) is 42.1 Å². The lowest BCUT2D eigenvalue weighted by molar-refractivity contribution is 0.258. The number of epoxide rings is 1. The molecule has 0 N–H and O–H groups in total. The van der Waals surface area contributed by atoms with Crippen LogP contribution < -0.4 is 4.74 Å². The molecule has 0 aromatic heterocycles. The highest BCUT2D eigenvalue weighted by Crippen LogP contribution is 2.33. The van der Waals surface area contributed by atoms with E-state index in [0.717, 1.165) is 10.0 Å². The number of hydrogen-bond donors (Lipinski definition) is 0. The van der Waals surface area contributed by atoms with Gasteiger partial charge < -0.3 is 9.47 Å². The third kappa shape index (κ3) is 4.25. The first-order valence-electron chi connectivity index (χ1n) is 8.07. The molecule has 0 radical (unpaired) electrons. The fourth-order valence-electron chi connectivity index (χ4n) is 2.42. The van der Waals surface area contributed by atoms with Crippen LogP contribution in [0, 0.1) is 0 Å². The van der Waals surface area contributed by atoms with E-state index in [9.17, 15) is 8.42 Å². The predicted octanol–water partition coefficient (Wildman–Crippen LogP) is 4.36. The first kappa shape index (κ1) is 18.4. The van der Waals surface area contributed by atoms with Gasteiger partial charge in [0.05, 0.1) is 11.5 Å². The van der Waals surface area contributed by atoms with Gasteiger partial charge in [-0.25, -0.2) is 8.42 Å². The fraction of sp³-hybridized carbons (Fsp3) is 0.368. The van der Waals surface area contributed by atoms with Gasteiger partial charge in [0, 0.05) is 4.47 Å². The van der Waals surface area contributed by atoms with Crippen molar-refractivity contribution in [1.29, 1.82) is 0 Å². The van der Waals surface area contributed by atoms with Gasteiger partial charge in [-0.05, 0) is 41.3 Å². The van der Waals surface area contributed by atoms with Crippen LogP contribution in [0.25, 0.3) is 0 Å². The molecule has 2 aromatic carbocycles. The van der Waals surface area contributed by atoms with E-state index in [1.165, 1.54) is 0 Å². The molecule has 1 aliphatic rings. The number of halogens is 1. The Hall–Kier alpha value is -1.37. The average Bonchev–Trinajstić information content (AvgIpc) is 3.36. The molecule has 0 amide bonds. The molecule has 0 saturated carbocycles. The number of hydrogen-bond acceptors (Lipinski definition) is 4. The summed E-state index contributed by atoms with van der Waals surface area (Å²) in [5.41, 5.74) is 1.06. The van der Waals surface area contributed by atoms with Crippen molar-refractivity contribution in [3.05, 3.63) is 52.5 Å². The number of ether oxygens (including phenoxy) is 2. The van der Waals surface area contributed by atoms with Crippen LogP contribution in [0.4, 0.5) is 0 Å². The zero-order valence-electron chi connectivity index (χ0n) is 14.5. The molecule has 0 bridgehead atoms. The number of sulfone groups is 1. The number of rotatable bonds is 5. The molecule has 0 spiro atoms. The molecule has 2 aromatic rings. The fourth-order valence-corrected chi connectivity index (χ4v) is 4.14. The van der Waals surface area contributed by atoms with Crippen molar-refractivity contribution in [3.63, 3.8) is 0 Å². The molecule has 1 unspecified atom stereocenters. The van der Waals surface area contributed by atoms with Gasteiger partial charge in [0.2, 0.25) is 9.84 Å². The van der Waals surface area contributed by atoms with E-state index in [-0.39, 0.29) is 21.3 Å². The molecule has 1 atom stereocenters. The van der Waals surface area contributed by atoms with Gasteiger partial charge in [-0.2, -0.15) is 0 Å². The van der Waals surface area contributed by atoms with E-state index in [1.54, 1.807) is 30.3 Å². The average molecular weight is 425 g/mol. The van der Waals surface area contributed by atoms with Gasteiger partial charge in [0.1, 0.15) is 23.4 Å². The standard InChI is InChI=1S/C19H21BrO4S/c1-19(2,3)13-4-7-16(8-5-13)25(21,22)18-9-6-14(20)10-17(18)24-12-15-11-23-15/h4-10,15H,11-12H2,1-3H3. The molecule has 6 heteroatoms. The van der Waals surface area contributed by atoms with Gasteiger partial charge >= 0.3 is 0 Å². The van der Waals surface area contributed by atoms with E-state index in [0.29, 0.717) is 19.0 Å². The van der Waals surface area contributed by atoms with Crippen molar-refractivity contribution < 1.29 is 17.9 Å². The molecule has 1 saturated heterocycles. The highest BCUT2D eigenvalue weighted by molar-refractivity contribution is 9.10. The second kappa shape index (κ2) is 6.74. The van der Waals surface area contributed by atoms with Crippen LogP contribution >= 0.6 is 15.9 Å². The SMILES string of the molecule is CC(C)(C)c1ccc(S(=O)(=O)c2ccc(Br)cc2OCC2CO2)cc1. The second-order valence-corrected chi connectivity index (χ2v) is 9.97. The summed E-state index contributed by atoms with van der Waals surface area (Å²) in [6.07, 6.45) is 0.0561. The first-order valence-corrected chi connectivity index (χ1v) is 10.3. The molecule has 134 valence electrons. The lowest BCUT2D eigenvalue weighted by Crippen LogP contribution is -2.12. The van der Waals surface area contributed by atoms with Crippen LogP contribution in [0.5, 0.6) is 5.75 Å². The summed E-state index contributed by atoms with van der Waals surface area (Å²) in [7, 11) is -3.66. The molecule has 1 fully saturated rings. The van der Waals surface area contributed by atoms with E-state index >= 15 is 0 Å². The van der Waals surface area contributed by atoms with Crippen LogP contribution in [0.1, 0.15) is 26.3 Å². The maximum Gasteiger partial charge on any atom is 0.210 e. The Morgan fingerprint density at radius 2 is 1.80 bits per heavy atom. The zero-order valence-corrected chi connectivity index (χ0v) is 16.9. The van der Waals surface area contributed by atoms with E-state index < -0.39 is 9.84 Å². The van der Waals surface area contributed by atoms with Gasteiger partial charge in [-0.1, -0.05) is 48.8 Å². The lowest BCUT2D eigenvalue weighted by Gasteiger charge is -2.19. The third-order valence-corrected chi connectivity index (χ3v) is 6.36. The third-order valence-electron chi connectivity index (χ3n) is 4.05. The largest absolute Gasteiger partial charge is 0.489 e. The Balaban J connectivity index is 1.96. The van der Waals surface area contributed by atoms with Crippen molar-refractivity contribution >= 4 is 25.8 Å². The number of benzene rings is 2. The van der Waals surface area contributed by atoms with Crippen molar-refractivity contribution in [3.8, 4) is 5.75 Å². The highest BCUT2D eigenvalue weighted by atomic mass is 79.9. The van der Waals surface area contributed by atoms with Gasteiger partial charge in [-0.3, -0.25) is 0 Å². The minimum atomic E-state index is -3.66. The van der Waals surface area contributed by atoms with Crippen LogP contribution in [0.2, 0.25) is 0 Å². The van der Waals surface area contributed by atoms with Crippen molar-refractivity contribution in [2.75, 3.05) is 13.2 Å². The van der Waals surface area contributed by atoms with E-state index in [4.69, 9.17) is 9.47 Å². The summed E-state index contributed by atoms with van der Waals surface area (Å²) in [4.78, 5) is 0.426. The molecule has 0 aliphatic carbocycles. The molecule has 4 nitrogen and oxygen atoms in total. The van der Waals surface area contributed by atoms with Gasteiger partial charge in [0.25, 0.3) is 0 Å². The lowest BCUT2D eigenvalue weighted by atomic mass is 9.87. The molecule has 25 heavy (non-hydrogen) atoms. The van der Waals surface area contributed by atoms with Gasteiger partial charge in [-0.15, -0.1) is 0 Å². The topological polar surface area (TPSA) is 55.9 Å². The summed E-state index contributed by atoms with van der Waals surface area (Å²) >= 11 is 3.37. The van der Waals surface area contributed by atoms with E-state index in [1.807, 2.05) is 12.1 Å².